The first-order chi connectivity index (χ1) is 11.7. The van der Waals surface area contributed by atoms with Gasteiger partial charge in [0.05, 0.1) is 11.4 Å². The van der Waals surface area contributed by atoms with E-state index in [2.05, 4.69) is 16.8 Å². The number of likely N-dealkylation sites (tertiary alicyclic amines) is 1. The molecule has 0 atom stereocenters. The van der Waals surface area contributed by atoms with Crippen molar-refractivity contribution in [1.29, 1.82) is 0 Å². The fourth-order valence-corrected chi connectivity index (χ4v) is 4.09. The maximum atomic E-state index is 12.5. The molecule has 0 bridgehead atoms. The van der Waals surface area contributed by atoms with Crippen molar-refractivity contribution in [3.63, 3.8) is 0 Å². The summed E-state index contributed by atoms with van der Waals surface area (Å²) >= 11 is 0. The van der Waals surface area contributed by atoms with E-state index in [0.29, 0.717) is 17.4 Å². The van der Waals surface area contributed by atoms with Gasteiger partial charge in [0.1, 0.15) is 0 Å². The van der Waals surface area contributed by atoms with E-state index in [9.17, 15) is 8.42 Å². The van der Waals surface area contributed by atoms with Gasteiger partial charge in [-0.25, -0.2) is 13.4 Å². The van der Waals surface area contributed by atoms with E-state index >= 15 is 0 Å². The van der Waals surface area contributed by atoms with Gasteiger partial charge in [0.25, 0.3) is 0 Å². The number of aliphatic imine (C=N–C) groups is 1. The number of piperidine rings is 1. The largest absolute Gasteiger partial charge is 0.370 e. The molecule has 1 heterocycles. The molecule has 0 radical (unpaired) electrons. The topological polar surface area (TPSA) is 79.0 Å². The van der Waals surface area contributed by atoms with Gasteiger partial charge < -0.3 is 10.6 Å². The highest BCUT2D eigenvalue weighted by atomic mass is 32.2. The second kappa shape index (κ2) is 8.19. The van der Waals surface area contributed by atoms with Crippen LogP contribution >= 0.6 is 0 Å². The number of hydrogen-bond donors (Lipinski definition) is 1. The van der Waals surface area contributed by atoms with Crippen molar-refractivity contribution in [3.8, 4) is 0 Å². The second-order valence-corrected chi connectivity index (χ2v) is 9.10. The molecule has 0 aromatic heterocycles. The number of sulfonamides is 1. The molecule has 25 heavy (non-hydrogen) atoms. The minimum Gasteiger partial charge on any atom is -0.370 e. The molecule has 0 spiro atoms. The Labute approximate surface area is 151 Å². The second-order valence-electron chi connectivity index (χ2n) is 7.10. The molecular formula is C18H30N4O2S. The lowest BCUT2D eigenvalue weighted by molar-refractivity contribution is 0.277. The summed E-state index contributed by atoms with van der Waals surface area (Å²) in [6, 6.07) is 6.79. The SMILES string of the molecule is CC1CCN(C(N)=NCc2ccc(S(=O)(=O)N(C)C(C)C)cc2)CC1. The highest BCUT2D eigenvalue weighted by molar-refractivity contribution is 7.89. The Kier molecular flexibility index (Phi) is 6.46. The highest BCUT2D eigenvalue weighted by Crippen LogP contribution is 2.18. The molecule has 1 aromatic rings. The molecule has 1 saturated heterocycles. The van der Waals surface area contributed by atoms with Crippen LogP contribution < -0.4 is 5.73 Å². The standard InChI is InChI=1S/C18H30N4O2S/c1-14(2)21(4)25(23,24)17-7-5-16(6-8-17)13-20-18(19)22-11-9-15(3)10-12-22/h5-8,14-15H,9-13H2,1-4H3,(H2,19,20). The predicted molar refractivity (Wildman–Crippen MR) is 102 cm³/mol. The van der Waals surface area contributed by atoms with Gasteiger partial charge >= 0.3 is 0 Å². The third-order valence-electron chi connectivity index (χ3n) is 4.86. The summed E-state index contributed by atoms with van der Waals surface area (Å²) in [4.78, 5) is 6.88. The molecule has 0 saturated carbocycles. The molecule has 1 aliphatic rings. The van der Waals surface area contributed by atoms with Crippen LogP contribution in [0.15, 0.2) is 34.2 Å². The van der Waals surface area contributed by atoms with Gasteiger partial charge in [0, 0.05) is 26.2 Å². The number of guanidine groups is 1. The van der Waals surface area contributed by atoms with Crippen LogP contribution in [0.5, 0.6) is 0 Å². The normalized spacial score (nSPS) is 17.5. The Morgan fingerprint density at radius 2 is 1.84 bits per heavy atom. The first-order valence-electron chi connectivity index (χ1n) is 8.83. The maximum Gasteiger partial charge on any atom is 0.243 e. The minimum absolute atomic E-state index is 0.0821. The number of nitrogens with zero attached hydrogens (tertiary/aromatic N) is 3. The van der Waals surface area contributed by atoms with Gasteiger partial charge in [0.2, 0.25) is 10.0 Å². The monoisotopic (exact) mass is 366 g/mol. The Morgan fingerprint density at radius 1 is 1.28 bits per heavy atom. The van der Waals surface area contributed by atoms with Crippen LogP contribution in [-0.2, 0) is 16.6 Å². The van der Waals surface area contributed by atoms with Crippen molar-refractivity contribution >= 4 is 16.0 Å². The number of rotatable bonds is 5. The van der Waals surface area contributed by atoms with Crippen LogP contribution in [-0.4, -0.2) is 49.8 Å². The quantitative estimate of drug-likeness (QED) is 0.640. The van der Waals surface area contributed by atoms with Gasteiger partial charge in [-0.05, 0) is 50.3 Å². The van der Waals surface area contributed by atoms with E-state index < -0.39 is 10.0 Å². The van der Waals surface area contributed by atoms with E-state index in [4.69, 9.17) is 5.73 Å². The molecule has 0 unspecified atom stereocenters. The summed E-state index contributed by atoms with van der Waals surface area (Å²) in [6.45, 7) is 8.33. The van der Waals surface area contributed by atoms with Crippen molar-refractivity contribution in [2.45, 2.75) is 51.1 Å². The lowest BCUT2D eigenvalue weighted by Gasteiger charge is -2.31. The average molecular weight is 367 g/mol. The summed E-state index contributed by atoms with van der Waals surface area (Å²) in [5.41, 5.74) is 7.03. The van der Waals surface area contributed by atoms with E-state index in [1.807, 2.05) is 13.8 Å². The Hall–Kier alpha value is -1.60. The van der Waals surface area contributed by atoms with Crippen molar-refractivity contribution in [1.82, 2.24) is 9.21 Å². The molecule has 2 rings (SSSR count). The predicted octanol–water partition coefficient (Wildman–Crippen LogP) is 2.26. The number of hydrogen-bond acceptors (Lipinski definition) is 3. The van der Waals surface area contributed by atoms with Crippen molar-refractivity contribution in [2.75, 3.05) is 20.1 Å². The molecule has 1 fully saturated rings. The Balaban J connectivity index is 2.02. The number of nitrogens with two attached hydrogens (primary N) is 1. The zero-order valence-electron chi connectivity index (χ0n) is 15.6. The van der Waals surface area contributed by atoms with Crippen LogP contribution in [0.25, 0.3) is 0 Å². The lowest BCUT2D eigenvalue weighted by atomic mass is 10.00. The van der Waals surface area contributed by atoms with Crippen molar-refractivity contribution in [2.24, 2.45) is 16.6 Å². The van der Waals surface area contributed by atoms with Crippen LogP contribution in [0.3, 0.4) is 0 Å². The lowest BCUT2D eigenvalue weighted by Crippen LogP contribution is -2.42. The zero-order valence-corrected chi connectivity index (χ0v) is 16.5. The van der Waals surface area contributed by atoms with Crippen LogP contribution in [0.1, 0.15) is 39.2 Å². The van der Waals surface area contributed by atoms with Crippen LogP contribution in [0, 0.1) is 5.92 Å². The Morgan fingerprint density at radius 3 is 2.36 bits per heavy atom. The fraction of sp³-hybridized carbons (Fsp3) is 0.611. The molecule has 0 aliphatic carbocycles. The third-order valence-corrected chi connectivity index (χ3v) is 6.91. The van der Waals surface area contributed by atoms with Gasteiger partial charge in [-0.3, -0.25) is 0 Å². The van der Waals surface area contributed by atoms with Crippen LogP contribution in [0.2, 0.25) is 0 Å². The maximum absolute atomic E-state index is 12.5. The molecule has 1 aromatic carbocycles. The first-order valence-corrected chi connectivity index (χ1v) is 10.3. The van der Waals surface area contributed by atoms with Gasteiger partial charge in [0.15, 0.2) is 5.96 Å². The summed E-state index contributed by atoms with van der Waals surface area (Å²) in [5, 5.41) is 0. The molecule has 140 valence electrons. The fourth-order valence-electron chi connectivity index (χ4n) is 2.72. The molecule has 7 heteroatoms. The van der Waals surface area contributed by atoms with Gasteiger partial charge in [-0.1, -0.05) is 19.1 Å². The highest BCUT2D eigenvalue weighted by Gasteiger charge is 2.22. The smallest absolute Gasteiger partial charge is 0.243 e. The molecule has 6 nitrogen and oxygen atoms in total. The molecule has 2 N–H and O–H groups in total. The van der Waals surface area contributed by atoms with E-state index in [0.717, 1.165) is 37.4 Å². The van der Waals surface area contributed by atoms with E-state index in [-0.39, 0.29) is 6.04 Å². The third kappa shape index (κ3) is 4.95. The van der Waals surface area contributed by atoms with Crippen LogP contribution in [0.4, 0.5) is 0 Å². The summed E-state index contributed by atoms with van der Waals surface area (Å²) in [6.07, 6.45) is 2.29. The zero-order chi connectivity index (χ0) is 18.6. The number of benzene rings is 1. The summed E-state index contributed by atoms with van der Waals surface area (Å²) < 4.78 is 26.3. The van der Waals surface area contributed by atoms with Crippen molar-refractivity contribution in [3.05, 3.63) is 29.8 Å². The molecule has 0 amide bonds. The van der Waals surface area contributed by atoms with E-state index in [1.54, 1.807) is 31.3 Å². The average Bonchev–Trinajstić information content (AvgIpc) is 2.59. The minimum atomic E-state index is -3.44. The molecule has 1 aliphatic heterocycles. The van der Waals surface area contributed by atoms with Gasteiger partial charge in [-0.15, -0.1) is 0 Å². The van der Waals surface area contributed by atoms with Crippen molar-refractivity contribution < 1.29 is 8.42 Å². The summed E-state index contributed by atoms with van der Waals surface area (Å²) in [7, 11) is -1.85. The first kappa shape index (κ1) is 19.7. The van der Waals surface area contributed by atoms with E-state index in [1.165, 1.54) is 4.31 Å². The van der Waals surface area contributed by atoms with Gasteiger partial charge in [-0.2, -0.15) is 4.31 Å². The Bertz CT molecular complexity index is 690. The summed E-state index contributed by atoms with van der Waals surface area (Å²) in [5.74, 6) is 1.32. The molecular weight excluding hydrogens is 336 g/mol.